The minimum absolute atomic E-state index is 0.397. The molecule has 4 nitrogen and oxygen atoms in total. The van der Waals surface area contributed by atoms with E-state index in [1.807, 2.05) is 0 Å². The van der Waals surface area contributed by atoms with E-state index in [4.69, 9.17) is 0 Å². The van der Waals surface area contributed by atoms with Crippen LogP contribution >= 0.6 is 0 Å². The second-order valence-electron chi connectivity index (χ2n) is 6.42. The number of hydrogen-bond donors (Lipinski definition) is 1. The molecular formula is C15H27N3O. The van der Waals surface area contributed by atoms with Crippen LogP contribution in [0.2, 0.25) is 0 Å². The highest BCUT2D eigenvalue weighted by molar-refractivity contribution is 5.76. The Balaban J connectivity index is 1.42. The number of likely N-dealkylation sites (tertiary alicyclic amines) is 2. The molecular weight excluding hydrogens is 238 g/mol. The van der Waals surface area contributed by atoms with Crippen LogP contribution in [-0.2, 0) is 4.79 Å². The predicted molar refractivity (Wildman–Crippen MR) is 76.0 cm³/mol. The van der Waals surface area contributed by atoms with E-state index in [1.165, 1.54) is 45.2 Å². The van der Waals surface area contributed by atoms with Crippen LogP contribution in [0.3, 0.4) is 0 Å². The summed E-state index contributed by atoms with van der Waals surface area (Å²) in [5, 5.41) is 3.35. The van der Waals surface area contributed by atoms with Gasteiger partial charge in [-0.2, -0.15) is 0 Å². The molecule has 1 amide bonds. The number of nitrogens with zero attached hydrogens (tertiary/aromatic N) is 2. The minimum Gasteiger partial charge on any atom is -0.343 e. The Bertz CT molecular complexity index is 301. The highest BCUT2D eigenvalue weighted by atomic mass is 16.2. The van der Waals surface area contributed by atoms with Gasteiger partial charge in [-0.3, -0.25) is 4.79 Å². The van der Waals surface area contributed by atoms with Gasteiger partial charge in [0.15, 0.2) is 0 Å². The van der Waals surface area contributed by atoms with Gasteiger partial charge in [-0.1, -0.05) is 0 Å². The van der Waals surface area contributed by atoms with Gasteiger partial charge in [0.05, 0.1) is 0 Å². The lowest BCUT2D eigenvalue weighted by Crippen LogP contribution is -2.46. The van der Waals surface area contributed by atoms with E-state index < -0.39 is 0 Å². The lowest BCUT2D eigenvalue weighted by molar-refractivity contribution is -0.133. The fraction of sp³-hybridized carbons (Fsp3) is 0.933. The number of rotatable bonds is 3. The molecule has 3 saturated heterocycles. The Morgan fingerprint density at radius 1 is 1.05 bits per heavy atom. The van der Waals surface area contributed by atoms with Crippen LogP contribution in [0.5, 0.6) is 0 Å². The molecule has 0 aromatic rings. The summed E-state index contributed by atoms with van der Waals surface area (Å²) in [4.78, 5) is 17.0. The summed E-state index contributed by atoms with van der Waals surface area (Å²) in [6, 6.07) is 0.750. The molecule has 4 heteroatoms. The average Bonchev–Trinajstić information content (AvgIpc) is 3.12. The summed E-state index contributed by atoms with van der Waals surface area (Å²) < 4.78 is 0. The zero-order valence-corrected chi connectivity index (χ0v) is 11.9. The zero-order valence-electron chi connectivity index (χ0n) is 11.9. The third-order valence-corrected chi connectivity index (χ3v) is 5.10. The zero-order chi connectivity index (χ0) is 13.1. The Kier molecular flexibility index (Phi) is 4.38. The predicted octanol–water partition coefficient (Wildman–Crippen LogP) is 1.07. The largest absolute Gasteiger partial charge is 0.343 e. The van der Waals surface area contributed by atoms with Crippen LogP contribution in [0.4, 0.5) is 0 Å². The Hall–Kier alpha value is -0.610. The molecule has 1 unspecified atom stereocenters. The number of nitrogens with one attached hydrogen (secondary N) is 1. The third kappa shape index (κ3) is 3.29. The van der Waals surface area contributed by atoms with Crippen LogP contribution < -0.4 is 5.32 Å². The third-order valence-electron chi connectivity index (χ3n) is 5.10. The van der Waals surface area contributed by atoms with E-state index in [2.05, 4.69) is 15.1 Å². The van der Waals surface area contributed by atoms with Crippen LogP contribution in [0.1, 0.15) is 38.5 Å². The molecule has 3 aliphatic rings. The van der Waals surface area contributed by atoms with Gasteiger partial charge in [-0.05, 0) is 64.2 Å². The monoisotopic (exact) mass is 265 g/mol. The van der Waals surface area contributed by atoms with Crippen molar-refractivity contribution in [1.82, 2.24) is 15.1 Å². The molecule has 0 saturated carbocycles. The summed E-state index contributed by atoms with van der Waals surface area (Å²) in [7, 11) is 0. The van der Waals surface area contributed by atoms with Gasteiger partial charge in [-0.15, -0.1) is 0 Å². The molecule has 3 rings (SSSR count). The molecule has 0 aromatic carbocycles. The van der Waals surface area contributed by atoms with Crippen molar-refractivity contribution in [2.75, 3.05) is 39.3 Å². The number of carbonyl (C=O) groups is 1. The molecule has 19 heavy (non-hydrogen) atoms. The SMILES string of the molecule is O=C(CC1CCNC1)N1CCC(N2CCCC2)CC1. The molecule has 0 bridgehead atoms. The Morgan fingerprint density at radius 2 is 1.79 bits per heavy atom. The normalized spacial score (nSPS) is 30.1. The average molecular weight is 265 g/mol. The molecule has 0 aromatic heterocycles. The Morgan fingerprint density at radius 3 is 2.42 bits per heavy atom. The molecule has 0 spiro atoms. The number of carbonyl (C=O) groups excluding carboxylic acids is 1. The number of hydrogen-bond acceptors (Lipinski definition) is 3. The number of piperidine rings is 1. The first-order valence-electron chi connectivity index (χ1n) is 8.05. The fourth-order valence-electron chi connectivity index (χ4n) is 3.85. The first-order chi connectivity index (χ1) is 9.33. The smallest absolute Gasteiger partial charge is 0.222 e. The lowest BCUT2D eigenvalue weighted by atomic mass is 10.0. The van der Waals surface area contributed by atoms with Gasteiger partial charge < -0.3 is 15.1 Å². The van der Waals surface area contributed by atoms with Crippen molar-refractivity contribution in [1.29, 1.82) is 0 Å². The van der Waals surface area contributed by atoms with Gasteiger partial charge in [0.25, 0.3) is 0 Å². The minimum atomic E-state index is 0.397. The molecule has 3 heterocycles. The van der Waals surface area contributed by atoms with Crippen LogP contribution in [0, 0.1) is 5.92 Å². The van der Waals surface area contributed by atoms with Crippen molar-refractivity contribution in [3.8, 4) is 0 Å². The van der Waals surface area contributed by atoms with Gasteiger partial charge in [0.1, 0.15) is 0 Å². The van der Waals surface area contributed by atoms with Crippen molar-refractivity contribution in [2.24, 2.45) is 5.92 Å². The molecule has 0 aliphatic carbocycles. The van der Waals surface area contributed by atoms with Gasteiger partial charge in [0, 0.05) is 25.6 Å². The standard InChI is InChI=1S/C15H27N3O/c19-15(11-13-3-6-16-12-13)18-9-4-14(5-10-18)17-7-1-2-8-17/h13-14,16H,1-12H2. The van der Waals surface area contributed by atoms with E-state index in [1.54, 1.807) is 0 Å². The molecule has 0 radical (unpaired) electrons. The van der Waals surface area contributed by atoms with Crippen molar-refractivity contribution in [2.45, 2.75) is 44.6 Å². The van der Waals surface area contributed by atoms with E-state index in [-0.39, 0.29) is 0 Å². The van der Waals surface area contributed by atoms with E-state index in [0.717, 1.165) is 38.6 Å². The highest BCUT2D eigenvalue weighted by Gasteiger charge is 2.29. The lowest BCUT2D eigenvalue weighted by Gasteiger charge is -2.37. The van der Waals surface area contributed by atoms with Crippen molar-refractivity contribution >= 4 is 5.91 Å². The molecule has 108 valence electrons. The second kappa shape index (κ2) is 6.23. The summed E-state index contributed by atoms with van der Waals surface area (Å²) in [6.07, 6.45) is 7.06. The maximum Gasteiger partial charge on any atom is 0.222 e. The van der Waals surface area contributed by atoms with E-state index in [9.17, 15) is 4.79 Å². The quantitative estimate of drug-likeness (QED) is 0.829. The van der Waals surface area contributed by atoms with Crippen LogP contribution in [-0.4, -0.2) is 61.0 Å². The van der Waals surface area contributed by atoms with Gasteiger partial charge in [-0.25, -0.2) is 0 Å². The molecule has 1 atom stereocenters. The van der Waals surface area contributed by atoms with E-state index >= 15 is 0 Å². The molecule has 1 N–H and O–H groups in total. The molecule has 3 fully saturated rings. The van der Waals surface area contributed by atoms with Crippen molar-refractivity contribution in [3.63, 3.8) is 0 Å². The van der Waals surface area contributed by atoms with Crippen LogP contribution in [0.25, 0.3) is 0 Å². The fourth-order valence-corrected chi connectivity index (χ4v) is 3.85. The van der Waals surface area contributed by atoms with E-state index in [0.29, 0.717) is 11.8 Å². The maximum atomic E-state index is 12.3. The summed E-state index contributed by atoms with van der Waals surface area (Å²) in [5.74, 6) is 0.984. The molecule has 3 aliphatic heterocycles. The first-order valence-corrected chi connectivity index (χ1v) is 8.05. The summed E-state index contributed by atoms with van der Waals surface area (Å²) in [5.41, 5.74) is 0. The van der Waals surface area contributed by atoms with Crippen molar-refractivity contribution in [3.05, 3.63) is 0 Å². The van der Waals surface area contributed by atoms with Gasteiger partial charge >= 0.3 is 0 Å². The summed E-state index contributed by atoms with van der Waals surface area (Å²) in [6.45, 7) is 6.67. The highest BCUT2D eigenvalue weighted by Crippen LogP contribution is 2.22. The summed E-state index contributed by atoms with van der Waals surface area (Å²) >= 11 is 0. The Labute approximate surface area is 116 Å². The van der Waals surface area contributed by atoms with Crippen molar-refractivity contribution < 1.29 is 4.79 Å². The number of amides is 1. The maximum absolute atomic E-state index is 12.3. The second-order valence-corrected chi connectivity index (χ2v) is 6.42. The first kappa shape index (κ1) is 13.4. The topological polar surface area (TPSA) is 35.6 Å². The van der Waals surface area contributed by atoms with Gasteiger partial charge in [0.2, 0.25) is 5.91 Å². The van der Waals surface area contributed by atoms with Crippen LogP contribution in [0.15, 0.2) is 0 Å².